The van der Waals surface area contributed by atoms with Crippen LogP contribution in [-0.2, 0) is 16.0 Å². The molecular formula is C21H30O3. The zero-order valence-electron chi connectivity index (χ0n) is 15.0. The maximum atomic E-state index is 12.1. The Balaban J connectivity index is 1.84. The average molecular weight is 330 g/mol. The Kier molecular flexibility index (Phi) is 7.01. The third-order valence-corrected chi connectivity index (χ3v) is 5.47. The highest BCUT2D eigenvalue weighted by atomic mass is 16.3. The number of phenolic OH excluding ortho intramolecular Hbond substituents is 1. The zero-order chi connectivity index (χ0) is 17.5. The van der Waals surface area contributed by atoms with Gasteiger partial charge in [-0.05, 0) is 55.2 Å². The number of carbonyl (C=O) groups excluding carboxylic acids is 2. The van der Waals surface area contributed by atoms with Crippen LogP contribution in [0, 0.1) is 17.8 Å². The molecule has 0 atom stereocenters. The molecule has 0 aliphatic heterocycles. The Bertz CT molecular complexity index is 523. The summed E-state index contributed by atoms with van der Waals surface area (Å²) in [6.45, 7) is 3.71. The van der Waals surface area contributed by atoms with E-state index in [0.717, 1.165) is 25.7 Å². The summed E-state index contributed by atoms with van der Waals surface area (Å²) >= 11 is 0. The summed E-state index contributed by atoms with van der Waals surface area (Å²) in [7, 11) is 0. The molecule has 1 aromatic rings. The second kappa shape index (κ2) is 9.00. The van der Waals surface area contributed by atoms with E-state index in [1.807, 2.05) is 26.0 Å². The van der Waals surface area contributed by atoms with Crippen LogP contribution in [0.3, 0.4) is 0 Å². The molecule has 0 heterocycles. The lowest BCUT2D eigenvalue weighted by atomic mass is 9.74. The Morgan fingerprint density at radius 2 is 1.46 bits per heavy atom. The van der Waals surface area contributed by atoms with E-state index in [4.69, 9.17) is 0 Å². The molecule has 0 bridgehead atoms. The van der Waals surface area contributed by atoms with E-state index in [-0.39, 0.29) is 17.5 Å². The van der Waals surface area contributed by atoms with Gasteiger partial charge < -0.3 is 5.11 Å². The van der Waals surface area contributed by atoms with Crippen molar-refractivity contribution in [3.05, 3.63) is 29.8 Å². The summed E-state index contributed by atoms with van der Waals surface area (Å²) in [5.74, 6) is 1.37. The van der Waals surface area contributed by atoms with Gasteiger partial charge in [0.05, 0.1) is 5.92 Å². The van der Waals surface area contributed by atoms with Gasteiger partial charge in [0.25, 0.3) is 0 Å². The van der Waals surface area contributed by atoms with Gasteiger partial charge in [0.15, 0.2) is 0 Å². The quantitative estimate of drug-likeness (QED) is 0.703. The first kappa shape index (κ1) is 18.7. The first-order valence-electron chi connectivity index (χ1n) is 9.36. The molecule has 0 aromatic heterocycles. The van der Waals surface area contributed by atoms with Gasteiger partial charge in [0.2, 0.25) is 0 Å². The largest absolute Gasteiger partial charge is 0.508 e. The molecule has 132 valence electrons. The van der Waals surface area contributed by atoms with Gasteiger partial charge in [-0.15, -0.1) is 0 Å². The number of hydrogen-bond donors (Lipinski definition) is 1. The molecule has 1 aromatic carbocycles. The van der Waals surface area contributed by atoms with E-state index >= 15 is 0 Å². The Labute approximate surface area is 145 Å². The second-order valence-electron chi connectivity index (χ2n) is 7.19. The minimum absolute atomic E-state index is 0.119. The SMILES string of the molecule is CCC(=O)C(CC1CCC(Cc2ccc(O)cc2)CC1)C(=O)CC. The van der Waals surface area contributed by atoms with E-state index in [0.29, 0.717) is 30.4 Å². The highest BCUT2D eigenvalue weighted by molar-refractivity contribution is 6.02. The van der Waals surface area contributed by atoms with Gasteiger partial charge in [0, 0.05) is 12.8 Å². The van der Waals surface area contributed by atoms with E-state index in [1.165, 1.54) is 18.4 Å². The predicted molar refractivity (Wildman–Crippen MR) is 96.0 cm³/mol. The number of phenols is 1. The molecule has 0 saturated heterocycles. The highest BCUT2D eigenvalue weighted by Gasteiger charge is 2.29. The summed E-state index contributed by atoms with van der Waals surface area (Å²) in [6.07, 6.45) is 7.31. The minimum Gasteiger partial charge on any atom is -0.508 e. The Morgan fingerprint density at radius 3 is 1.96 bits per heavy atom. The van der Waals surface area contributed by atoms with Gasteiger partial charge in [-0.25, -0.2) is 0 Å². The van der Waals surface area contributed by atoms with Gasteiger partial charge in [-0.3, -0.25) is 9.59 Å². The fraction of sp³-hybridized carbons (Fsp3) is 0.619. The first-order chi connectivity index (χ1) is 11.5. The fourth-order valence-electron chi connectivity index (χ4n) is 3.91. The third kappa shape index (κ3) is 5.19. The number of Topliss-reactive ketones (excluding diaryl/α,β-unsaturated/α-hetero) is 2. The van der Waals surface area contributed by atoms with E-state index in [9.17, 15) is 14.7 Å². The smallest absolute Gasteiger partial charge is 0.143 e. The molecule has 3 heteroatoms. The molecule has 24 heavy (non-hydrogen) atoms. The molecule has 0 radical (unpaired) electrons. The van der Waals surface area contributed by atoms with E-state index < -0.39 is 0 Å². The monoisotopic (exact) mass is 330 g/mol. The van der Waals surface area contributed by atoms with Crippen molar-refractivity contribution < 1.29 is 14.7 Å². The molecule has 1 saturated carbocycles. The van der Waals surface area contributed by atoms with Crippen molar-refractivity contribution in [3.63, 3.8) is 0 Å². The number of carbonyl (C=O) groups is 2. The normalized spacial score (nSPS) is 21.0. The van der Waals surface area contributed by atoms with Gasteiger partial charge >= 0.3 is 0 Å². The number of rotatable bonds is 8. The molecule has 1 aliphatic carbocycles. The molecule has 0 unspecified atom stereocenters. The van der Waals surface area contributed by atoms with Crippen LogP contribution in [0.5, 0.6) is 5.75 Å². The number of aromatic hydroxyl groups is 1. The van der Waals surface area contributed by atoms with Gasteiger partial charge in [-0.1, -0.05) is 38.8 Å². The zero-order valence-corrected chi connectivity index (χ0v) is 15.0. The van der Waals surface area contributed by atoms with Crippen molar-refractivity contribution in [3.8, 4) is 5.75 Å². The average Bonchev–Trinajstić information content (AvgIpc) is 2.61. The third-order valence-electron chi connectivity index (χ3n) is 5.47. The minimum atomic E-state index is -0.362. The molecule has 3 nitrogen and oxygen atoms in total. The predicted octanol–water partition coefficient (Wildman–Crippen LogP) is 4.71. The Morgan fingerprint density at radius 1 is 0.958 bits per heavy atom. The summed E-state index contributed by atoms with van der Waals surface area (Å²) in [5, 5.41) is 9.36. The Hall–Kier alpha value is -1.64. The number of hydrogen-bond acceptors (Lipinski definition) is 3. The summed E-state index contributed by atoms with van der Waals surface area (Å²) in [5.41, 5.74) is 1.27. The standard InChI is InChI=1S/C21H30O3/c1-3-20(23)19(21(24)4-2)14-17-7-5-15(6-8-17)13-16-9-11-18(22)12-10-16/h9-12,15,17,19,22H,3-8,13-14H2,1-2H3. The van der Waals surface area contributed by atoms with Crippen molar-refractivity contribution in [1.82, 2.24) is 0 Å². The fourth-order valence-corrected chi connectivity index (χ4v) is 3.91. The first-order valence-corrected chi connectivity index (χ1v) is 9.36. The lowest BCUT2D eigenvalue weighted by Gasteiger charge is -2.30. The maximum absolute atomic E-state index is 12.1. The van der Waals surface area contributed by atoms with Crippen LogP contribution in [-0.4, -0.2) is 16.7 Å². The van der Waals surface area contributed by atoms with Crippen molar-refractivity contribution >= 4 is 11.6 Å². The summed E-state index contributed by atoms with van der Waals surface area (Å²) in [4.78, 5) is 24.2. The van der Waals surface area contributed by atoms with Crippen LogP contribution in [0.15, 0.2) is 24.3 Å². The molecule has 1 fully saturated rings. The summed E-state index contributed by atoms with van der Waals surface area (Å²) in [6, 6.07) is 7.49. The van der Waals surface area contributed by atoms with E-state index in [2.05, 4.69) is 0 Å². The maximum Gasteiger partial charge on any atom is 0.143 e. The van der Waals surface area contributed by atoms with Crippen LogP contribution in [0.1, 0.15) is 64.4 Å². The lowest BCUT2D eigenvalue weighted by Crippen LogP contribution is -2.27. The lowest BCUT2D eigenvalue weighted by molar-refractivity contribution is -0.133. The van der Waals surface area contributed by atoms with E-state index in [1.54, 1.807) is 12.1 Å². The van der Waals surface area contributed by atoms with Gasteiger partial charge in [-0.2, -0.15) is 0 Å². The van der Waals surface area contributed by atoms with Crippen LogP contribution in [0.2, 0.25) is 0 Å². The van der Waals surface area contributed by atoms with Crippen LogP contribution < -0.4 is 0 Å². The molecule has 0 amide bonds. The topological polar surface area (TPSA) is 54.4 Å². The van der Waals surface area contributed by atoms with Crippen LogP contribution in [0.25, 0.3) is 0 Å². The highest BCUT2D eigenvalue weighted by Crippen LogP contribution is 2.35. The summed E-state index contributed by atoms with van der Waals surface area (Å²) < 4.78 is 0. The van der Waals surface area contributed by atoms with Crippen LogP contribution >= 0.6 is 0 Å². The second-order valence-corrected chi connectivity index (χ2v) is 7.19. The number of benzene rings is 1. The number of ketones is 2. The van der Waals surface area contributed by atoms with Crippen molar-refractivity contribution in [1.29, 1.82) is 0 Å². The molecule has 0 spiro atoms. The molecule has 1 aliphatic rings. The molecular weight excluding hydrogens is 300 g/mol. The van der Waals surface area contributed by atoms with Crippen LogP contribution in [0.4, 0.5) is 0 Å². The van der Waals surface area contributed by atoms with Crippen molar-refractivity contribution in [2.75, 3.05) is 0 Å². The van der Waals surface area contributed by atoms with Crippen molar-refractivity contribution in [2.24, 2.45) is 17.8 Å². The molecule has 2 rings (SSSR count). The molecule has 1 N–H and O–H groups in total. The van der Waals surface area contributed by atoms with Gasteiger partial charge in [0.1, 0.15) is 17.3 Å². The van der Waals surface area contributed by atoms with Crippen molar-refractivity contribution in [2.45, 2.75) is 65.2 Å².